The molecule has 1 amide bonds. The molecule has 11 heteroatoms. The highest BCUT2D eigenvalue weighted by Gasteiger charge is 2.16. The Morgan fingerprint density at radius 3 is 2.97 bits per heavy atom. The number of aryl methyl sites for hydroxylation is 1. The van der Waals surface area contributed by atoms with Gasteiger partial charge in [-0.05, 0) is 60.9 Å². The molecule has 37 heavy (non-hydrogen) atoms. The fourth-order valence-electron chi connectivity index (χ4n) is 4.78. The molecule has 5 aromatic rings. The fraction of sp³-hybridized carbons (Fsp3) is 0.231. The van der Waals surface area contributed by atoms with Crippen LogP contribution >= 0.6 is 0 Å². The third-order valence-electron chi connectivity index (χ3n) is 6.66. The van der Waals surface area contributed by atoms with Crippen LogP contribution in [0.25, 0.3) is 27.6 Å². The van der Waals surface area contributed by atoms with E-state index in [1.807, 2.05) is 4.57 Å². The number of H-pyrrole nitrogens is 1. The van der Waals surface area contributed by atoms with Gasteiger partial charge in [0.05, 0.1) is 42.4 Å². The van der Waals surface area contributed by atoms with E-state index < -0.39 is 0 Å². The molecule has 0 radical (unpaired) electrons. The van der Waals surface area contributed by atoms with Crippen molar-refractivity contribution in [2.75, 3.05) is 18.8 Å². The maximum atomic E-state index is 12.7. The van der Waals surface area contributed by atoms with Crippen molar-refractivity contribution >= 4 is 39.4 Å². The summed E-state index contributed by atoms with van der Waals surface area (Å²) in [5.74, 6) is 0.175. The maximum Gasteiger partial charge on any atom is 0.253 e. The summed E-state index contributed by atoms with van der Waals surface area (Å²) in [6.07, 6.45) is 7.93. The van der Waals surface area contributed by atoms with Gasteiger partial charge in [-0.15, -0.1) is 0 Å². The van der Waals surface area contributed by atoms with Crippen molar-refractivity contribution in [3.63, 3.8) is 0 Å². The molecule has 0 saturated carbocycles. The van der Waals surface area contributed by atoms with Gasteiger partial charge in [-0.3, -0.25) is 4.79 Å². The van der Waals surface area contributed by atoms with E-state index in [1.54, 1.807) is 19.3 Å². The van der Waals surface area contributed by atoms with E-state index in [4.69, 9.17) is 5.73 Å². The number of carbonyl (C=O) groups is 1. The first-order valence-electron chi connectivity index (χ1n) is 12.1. The van der Waals surface area contributed by atoms with Gasteiger partial charge in [0.15, 0.2) is 11.5 Å². The summed E-state index contributed by atoms with van der Waals surface area (Å²) in [4.78, 5) is 29.1. The molecule has 0 atom stereocenters. The Bertz CT molecular complexity index is 1670. The Morgan fingerprint density at radius 2 is 2.14 bits per heavy atom. The van der Waals surface area contributed by atoms with Crippen molar-refractivity contribution in [3.05, 3.63) is 77.3 Å². The van der Waals surface area contributed by atoms with E-state index in [0.29, 0.717) is 41.3 Å². The number of nitrogens with zero attached hydrogens (tertiary/aromatic N) is 6. The van der Waals surface area contributed by atoms with E-state index in [9.17, 15) is 4.79 Å². The number of rotatable bonds is 6. The number of aromatic amines is 1. The Hall–Kier alpha value is -4.64. The van der Waals surface area contributed by atoms with Gasteiger partial charge in [-0.25, -0.2) is 15.0 Å². The molecule has 6 rings (SSSR count). The van der Waals surface area contributed by atoms with Crippen LogP contribution < -0.4 is 16.4 Å². The van der Waals surface area contributed by atoms with Crippen LogP contribution in [-0.2, 0) is 13.1 Å². The lowest BCUT2D eigenvalue weighted by molar-refractivity contribution is 0.0949. The minimum absolute atomic E-state index is 0.186. The van der Waals surface area contributed by atoms with Crippen LogP contribution in [0.4, 0.5) is 5.82 Å². The van der Waals surface area contributed by atoms with Gasteiger partial charge in [-0.1, -0.05) is 6.08 Å². The van der Waals surface area contributed by atoms with Crippen LogP contribution in [-0.4, -0.2) is 53.7 Å². The summed E-state index contributed by atoms with van der Waals surface area (Å²) in [5, 5.41) is 15.2. The summed E-state index contributed by atoms with van der Waals surface area (Å²) in [6.45, 7) is 4.49. The summed E-state index contributed by atoms with van der Waals surface area (Å²) in [7, 11) is 0. The van der Waals surface area contributed by atoms with Crippen LogP contribution in [0.15, 0.2) is 49.2 Å². The quantitative estimate of drug-likeness (QED) is 0.281. The number of nitrogen functional groups attached to an aromatic ring is 1. The standard InChI is InChI=1S/C26H26N10O/c1-15-21(4-7-33-35-15)26(37)29-11-20-10-18-8-17(16-2-5-28-6-3-16)9-19(22(18)34-20)12-36-14-32-23-24(27)30-13-31-25(23)36/h2,4,7-10,13-14,28,34H,3,5-6,11-12H2,1H3,(H,29,37)(H2,27,30,31). The van der Waals surface area contributed by atoms with E-state index >= 15 is 0 Å². The number of hydrogen-bond donors (Lipinski definition) is 4. The molecule has 1 aliphatic heterocycles. The van der Waals surface area contributed by atoms with Crippen molar-refractivity contribution < 1.29 is 4.79 Å². The average Bonchev–Trinajstić information content (AvgIpc) is 3.53. The van der Waals surface area contributed by atoms with Crippen LogP contribution in [0.5, 0.6) is 0 Å². The number of carbonyl (C=O) groups excluding carboxylic acids is 1. The van der Waals surface area contributed by atoms with E-state index in [1.165, 1.54) is 23.7 Å². The summed E-state index contributed by atoms with van der Waals surface area (Å²) < 4.78 is 1.98. The molecule has 0 unspecified atom stereocenters. The lowest BCUT2D eigenvalue weighted by atomic mass is 9.96. The zero-order valence-electron chi connectivity index (χ0n) is 20.3. The van der Waals surface area contributed by atoms with Crippen molar-refractivity contribution in [3.8, 4) is 0 Å². The second kappa shape index (κ2) is 9.43. The molecule has 4 aromatic heterocycles. The third-order valence-corrected chi connectivity index (χ3v) is 6.66. The topological polar surface area (TPSA) is 152 Å². The van der Waals surface area contributed by atoms with Crippen LogP contribution in [0.2, 0.25) is 0 Å². The van der Waals surface area contributed by atoms with Gasteiger partial charge in [0.1, 0.15) is 11.8 Å². The van der Waals surface area contributed by atoms with Crippen molar-refractivity contribution in [1.82, 2.24) is 45.3 Å². The number of benzene rings is 1. The Labute approximate surface area is 212 Å². The molecule has 0 fully saturated rings. The van der Waals surface area contributed by atoms with Gasteiger partial charge in [0, 0.05) is 17.6 Å². The molecule has 5 heterocycles. The number of nitrogens with one attached hydrogen (secondary N) is 3. The van der Waals surface area contributed by atoms with Crippen molar-refractivity contribution in [1.29, 1.82) is 0 Å². The lowest BCUT2D eigenvalue weighted by Crippen LogP contribution is -2.24. The van der Waals surface area contributed by atoms with Crippen molar-refractivity contribution in [2.24, 2.45) is 0 Å². The predicted molar refractivity (Wildman–Crippen MR) is 141 cm³/mol. The molecule has 0 bridgehead atoms. The van der Waals surface area contributed by atoms with Crippen LogP contribution in [0.3, 0.4) is 0 Å². The number of amides is 1. The average molecular weight is 495 g/mol. The largest absolute Gasteiger partial charge is 0.382 e. The second-order valence-electron chi connectivity index (χ2n) is 9.09. The Kier molecular flexibility index (Phi) is 5.81. The van der Waals surface area contributed by atoms with E-state index in [2.05, 4.69) is 65.0 Å². The summed E-state index contributed by atoms with van der Waals surface area (Å²) in [5.41, 5.74) is 13.9. The maximum absolute atomic E-state index is 12.7. The van der Waals surface area contributed by atoms with Crippen LogP contribution in [0, 0.1) is 6.92 Å². The van der Waals surface area contributed by atoms with E-state index in [0.717, 1.165) is 41.7 Å². The SMILES string of the molecule is Cc1nnccc1C(=O)NCc1cc2cc(C3=CCNCC3)cc(Cn3cnc4c(N)ncnc43)c2[nH]1. The smallest absolute Gasteiger partial charge is 0.253 e. The first-order chi connectivity index (χ1) is 18.1. The highest BCUT2D eigenvalue weighted by Crippen LogP contribution is 2.29. The minimum atomic E-state index is -0.186. The molecular weight excluding hydrogens is 468 g/mol. The predicted octanol–water partition coefficient (Wildman–Crippen LogP) is 2.34. The number of anilines is 1. The molecule has 5 N–H and O–H groups in total. The zero-order valence-corrected chi connectivity index (χ0v) is 20.3. The fourth-order valence-corrected chi connectivity index (χ4v) is 4.78. The molecule has 11 nitrogen and oxygen atoms in total. The monoisotopic (exact) mass is 494 g/mol. The highest BCUT2D eigenvalue weighted by atomic mass is 16.1. The van der Waals surface area contributed by atoms with Crippen LogP contribution in [0.1, 0.15) is 39.3 Å². The molecule has 0 spiro atoms. The molecule has 1 aliphatic rings. The van der Waals surface area contributed by atoms with Gasteiger partial charge in [0.25, 0.3) is 5.91 Å². The molecular formula is C26H26N10O. The molecule has 0 saturated heterocycles. The molecule has 0 aliphatic carbocycles. The van der Waals surface area contributed by atoms with Crippen molar-refractivity contribution in [2.45, 2.75) is 26.4 Å². The minimum Gasteiger partial charge on any atom is -0.382 e. The summed E-state index contributed by atoms with van der Waals surface area (Å²) in [6, 6.07) is 8.20. The first-order valence-corrected chi connectivity index (χ1v) is 12.1. The van der Waals surface area contributed by atoms with Gasteiger partial charge in [0.2, 0.25) is 0 Å². The van der Waals surface area contributed by atoms with Gasteiger partial charge < -0.3 is 25.9 Å². The zero-order chi connectivity index (χ0) is 25.4. The number of hydrogen-bond acceptors (Lipinski definition) is 8. The summed E-state index contributed by atoms with van der Waals surface area (Å²) >= 11 is 0. The molecule has 186 valence electrons. The number of nitrogens with two attached hydrogens (primary N) is 1. The number of aromatic nitrogens is 7. The Morgan fingerprint density at radius 1 is 1.22 bits per heavy atom. The Balaban J connectivity index is 1.36. The third kappa shape index (κ3) is 4.40. The lowest BCUT2D eigenvalue weighted by Gasteiger charge is -2.16. The van der Waals surface area contributed by atoms with Gasteiger partial charge >= 0.3 is 0 Å². The second-order valence-corrected chi connectivity index (χ2v) is 9.09. The number of fused-ring (bicyclic) bond motifs is 2. The first kappa shape index (κ1) is 22.8. The normalized spacial score (nSPS) is 13.7. The van der Waals surface area contributed by atoms with E-state index in [-0.39, 0.29) is 5.91 Å². The highest BCUT2D eigenvalue weighted by molar-refractivity contribution is 5.95. The molecule has 1 aromatic carbocycles. The number of imidazole rings is 1. The van der Waals surface area contributed by atoms with Gasteiger partial charge in [-0.2, -0.15) is 10.2 Å².